The van der Waals surface area contributed by atoms with Gasteiger partial charge in [-0.15, -0.1) is 0 Å². The van der Waals surface area contributed by atoms with E-state index in [2.05, 4.69) is 5.32 Å². The minimum absolute atomic E-state index is 0.0762. The summed E-state index contributed by atoms with van der Waals surface area (Å²) < 4.78 is 5.45. The molecule has 0 radical (unpaired) electrons. The van der Waals surface area contributed by atoms with E-state index >= 15 is 0 Å². The molecule has 1 atom stereocenters. The fourth-order valence-corrected chi connectivity index (χ4v) is 3.44. The van der Waals surface area contributed by atoms with Gasteiger partial charge in [0.05, 0.1) is 22.3 Å². The predicted molar refractivity (Wildman–Crippen MR) is 97.1 cm³/mol. The van der Waals surface area contributed by atoms with Crippen LogP contribution in [0.25, 0.3) is 0 Å². The highest BCUT2D eigenvalue weighted by Crippen LogP contribution is 2.29. The molecule has 1 N–H and O–H groups in total. The number of carbonyl (C=O) groups excluding carboxylic acids is 2. The van der Waals surface area contributed by atoms with E-state index in [1.165, 1.54) is 0 Å². The van der Waals surface area contributed by atoms with Crippen LogP contribution in [0.5, 0.6) is 0 Å². The highest BCUT2D eigenvalue weighted by atomic mass is 35.5. The van der Waals surface area contributed by atoms with Crippen molar-refractivity contribution in [1.29, 1.82) is 0 Å². The Morgan fingerprint density at radius 1 is 1.20 bits per heavy atom. The first-order valence-electron chi connectivity index (χ1n) is 8.41. The average molecular weight is 386 g/mol. The summed E-state index contributed by atoms with van der Waals surface area (Å²) in [6.07, 6.45) is 1.48. The summed E-state index contributed by atoms with van der Waals surface area (Å²) in [4.78, 5) is 28.4. The van der Waals surface area contributed by atoms with E-state index in [1.54, 1.807) is 18.2 Å². The summed E-state index contributed by atoms with van der Waals surface area (Å²) in [7, 11) is 0. The first-order chi connectivity index (χ1) is 12.0. The highest BCUT2D eigenvalue weighted by molar-refractivity contribution is 6.44. The minimum atomic E-state index is -0.278. The van der Waals surface area contributed by atoms with Gasteiger partial charge < -0.3 is 15.0 Å². The monoisotopic (exact) mass is 385 g/mol. The number of amides is 2. The molecular weight excluding hydrogens is 365 g/mol. The summed E-state index contributed by atoms with van der Waals surface area (Å²) in [6, 6.07) is 5.12. The fourth-order valence-electron chi connectivity index (χ4n) is 3.10. The Morgan fingerprint density at radius 2 is 1.96 bits per heavy atom. The summed E-state index contributed by atoms with van der Waals surface area (Å²) in [5.41, 5.74) is 0.506. The zero-order valence-corrected chi connectivity index (χ0v) is 15.4. The maximum Gasteiger partial charge on any atom is 0.251 e. The normalized spacial score (nSPS) is 21.4. The van der Waals surface area contributed by atoms with Gasteiger partial charge in [0.2, 0.25) is 5.91 Å². The van der Waals surface area contributed by atoms with Crippen LogP contribution in [0, 0.1) is 0 Å². The molecule has 6 nitrogen and oxygen atoms in total. The number of hydrogen-bond donors (Lipinski definition) is 1. The lowest BCUT2D eigenvalue weighted by atomic mass is 10.2. The van der Waals surface area contributed by atoms with E-state index in [1.807, 2.05) is 9.80 Å². The smallest absolute Gasteiger partial charge is 0.251 e. The van der Waals surface area contributed by atoms with E-state index in [4.69, 9.17) is 27.9 Å². The molecule has 0 aliphatic carbocycles. The van der Waals surface area contributed by atoms with Crippen molar-refractivity contribution >= 4 is 40.7 Å². The third kappa shape index (κ3) is 4.64. The van der Waals surface area contributed by atoms with E-state index in [0.29, 0.717) is 48.5 Å². The van der Waals surface area contributed by atoms with Gasteiger partial charge in [0.25, 0.3) is 5.91 Å². The van der Waals surface area contributed by atoms with Crippen molar-refractivity contribution in [3.63, 3.8) is 0 Å². The maximum absolute atomic E-state index is 12.3. The van der Waals surface area contributed by atoms with Crippen LogP contribution in [-0.4, -0.2) is 67.0 Å². The second-order valence-corrected chi connectivity index (χ2v) is 7.04. The van der Waals surface area contributed by atoms with Crippen LogP contribution in [0.3, 0.4) is 0 Å². The van der Waals surface area contributed by atoms with E-state index in [0.717, 1.165) is 12.8 Å². The molecule has 2 saturated heterocycles. The van der Waals surface area contributed by atoms with Crippen molar-refractivity contribution in [3.05, 3.63) is 28.2 Å². The molecule has 3 rings (SSSR count). The number of carbonyl (C=O) groups is 2. The summed E-state index contributed by atoms with van der Waals surface area (Å²) >= 11 is 12.0. The predicted octanol–water partition coefficient (Wildman–Crippen LogP) is 2.26. The van der Waals surface area contributed by atoms with Crippen molar-refractivity contribution in [2.24, 2.45) is 0 Å². The van der Waals surface area contributed by atoms with Gasteiger partial charge >= 0.3 is 0 Å². The zero-order valence-electron chi connectivity index (χ0n) is 13.8. The summed E-state index contributed by atoms with van der Waals surface area (Å²) in [6.45, 7) is 3.48. The van der Waals surface area contributed by atoms with Gasteiger partial charge in [-0.25, -0.2) is 0 Å². The number of piperazine rings is 1. The van der Waals surface area contributed by atoms with Crippen LogP contribution in [0.1, 0.15) is 12.8 Å². The lowest BCUT2D eigenvalue weighted by Crippen LogP contribution is -2.52. The van der Waals surface area contributed by atoms with Crippen molar-refractivity contribution in [1.82, 2.24) is 9.80 Å². The number of rotatable bonds is 4. The Kier molecular flexibility index (Phi) is 6.17. The van der Waals surface area contributed by atoms with Gasteiger partial charge in [0.15, 0.2) is 0 Å². The SMILES string of the molecule is O=C(CN1CCN(C(=O)C2CCCO2)CC1)Nc1cccc(Cl)c1Cl. The first kappa shape index (κ1) is 18.5. The topological polar surface area (TPSA) is 61.9 Å². The standard InChI is InChI=1S/C17H21Cl2N3O3/c18-12-3-1-4-13(16(12)19)20-15(23)11-21-6-8-22(9-7-21)17(24)14-5-2-10-25-14/h1,3-4,14H,2,5-11H2,(H,20,23). The van der Waals surface area contributed by atoms with Crippen LogP contribution in [0.2, 0.25) is 10.0 Å². The quantitative estimate of drug-likeness (QED) is 0.863. The Hall–Kier alpha value is -1.34. The third-order valence-electron chi connectivity index (χ3n) is 4.48. The highest BCUT2D eigenvalue weighted by Gasteiger charge is 2.30. The molecule has 136 valence electrons. The van der Waals surface area contributed by atoms with E-state index in [-0.39, 0.29) is 24.5 Å². The molecule has 2 aliphatic heterocycles. The molecule has 0 bridgehead atoms. The molecule has 8 heteroatoms. The Balaban J connectivity index is 1.46. The number of hydrogen-bond acceptors (Lipinski definition) is 4. The van der Waals surface area contributed by atoms with Crippen LogP contribution in [0.4, 0.5) is 5.69 Å². The molecule has 1 aromatic carbocycles. The summed E-state index contributed by atoms with van der Waals surface area (Å²) in [5, 5.41) is 3.52. The maximum atomic E-state index is 12.3. The molecule has 1 aromatic rings. The van der Waals surface area contributed by atoms with Gasteiger partial charge in [-0.05, 0) is 25.0 Å². The molecule has 2 heterocycles. The Bertz CT molecular complexity index is 642. The lowest BCUT2D eigenvalue weighted by molar-refractivity contribution is -0.142. The lowest BCUT2D eigenvalue weighted by Gasteiger charge is -2.35. The second kappa shape index (κ2) is 8.36. The van der Waals surface area contributed by atoms with Crippen molar-refractivity contribution in [2.75, 3.05) is 44.6 Å². The van der Waals surface area contributed by atoms with Gasteiger partial charge in [0.1, 0.15) is 6.10 Å². The largest absolute Gasteiger partial charge is 0.368 e. The number of nitrogens with one attached hydrogen (secondary N) is 1. The molecule has 25 heavy (non-hydrogen) atoms. The second-order valence-electron chi connectivity index (χ2n) is 6.25. The number of nitrogens with zero attached hydrogens (tertiary/aromatic N) is 2. The number of anilines is 1. The molecule has 2 aliphatic rings. The van der Waals surface area contributed by atoms with E-state index in [9.17, 15) is 9.59 Å². The molecule has 2 fully saturated rings. The number of halogens is 2. The molecule has 1 unspecified atom stereocenters. The van der Waals surface area contributed by atoms with Crippen molar-refractivity contribution in [2.45, 2.75) is 18.9 Å². The third-order valence-corrected chi connectivity index (χ3v) is 5.30. The Labute approximate surface area is 157 Å². The van der Waals surface area contributed by atoms with Crippen molar-refractivity contribution in [3.8, 4) is 0 Å². The molecule has 0 aromatic heterocycles. The van der Waals surface area contributed by atoms with Gasteiger partial charge in [-0.3, -0.25) is 14.5 Å². The summed E-state index contributed by atoms with van der Waals surface area (Å²) in [5.74, 6) is -0.0737. The number of ether oxygens (including phenoxy) is 1. The molecule has 2 amide bonds. The molecule has 0 saturated carbocycles. The van der Waals surface area contributed by atoms with Crippen molar-refractivity contribution < 1.29 is 14.3 Å². The van der Waals surface area contributed by atoms with Gasteiger partial charge in [0, 0.05) is 32.8 Å². The molecule has 0 spiro atoms. The fraction of sp³-hybridized carbons (Fsp3) is 0.529. The van der Waals surface area contributed by atoms with Crippen LogP contribution in [0.15, 0.2) is 18.2 Å². The van der Waals surface area contributed by atoms with Gasteiger partial charge in [-0.2, -0.15) is 0 Å². The number of benzene rings is 1. The minimum Gasteiger partial charge on any atom is -0.368 e. The zero-order chi connectivity index (χ0) is 17.8. The Morgan fingerprint density at radius 3 is 2.64 bits per heavy atom. The van der Waals surface area contributed by atoms with Crippen LogP contribution < -0.4 is 5.32 Å². The van der Waals surface area contributed by atoms with E-state index < -0.39 is 0 Å². The van der Waals surface area contributed by atoms with Crippen LogP contribution in [-0.2, 0) is 14.3 Å². The van der Waals surface area contributed by atoms with Gasteiger partial charge in [-0.1, -0.05) is 29.3 Å². The average Bonchev–Trinajstić information content (AvgIpc) is 3.13. The van der Waals surface area contributed by atoms with Crippen LogP contribution >= 0.6 is 23.2 Å². The first-order valence-corrected chi connectivity index (χ1v) is 9.17. The molecular formula is C17H21Cl2N3O3.